The predicted octanol–water partition coefficient (Wildman–Crippen LogP) is 5.50. The third-order valence-corrected chi connectivity index (χ3v) is 5.54. The van der Waals surface area contributed by atoms with Gasteiger partial charge in [-0.2, -0.15) is 0 Å². The van der Waals surface area contributed by atoms with Crippen LogP contribution in [-0.4, -0.2) is 30.4 Å². The molecule has 0 saturated heterocycles. The molecular formula is C24H33ClN2O. The molecule has 1 amide bonds. The second kappa shape index (κ2) is 10.6. The Labute approximate surface area is 176 Å². The summed E-state index contributed by atoms with van der Waals surface area (Å²) in [5.41, 5.74) is 3.81. The molecule has 0 fully saturated rings. The van der Waals surface area contributed by atoms with E-state index in [0.29, 0.717) is 18.9 Å². The molecular weight excluding hydrogens is 368 g/mol. The third-order valence-electron chi connectivity index (χ3n) is 5.54. The number of hydrogen-bond donors (Lipinski definition) is 0. The van der Waals surface area contributed by atoms with Gasteiger partial charge >= 0.3 is 0 Å². The summed E-state index contributed by atoms with van der Waals surface area (Å²) in [4.78, 5) is 17.3. The fourth-order valence-corrected chi connectivity index (χ4v) is 3.93. The van der Waals surface area contributed by atoms with Crippen LogP contribution in [0.4, 0.5) is 5.69 Å². The van der Waals surface area contributed by atoms with Crippen LogP contribution in [0.25, 0.3) is 0 Å². The SMILES string of the molecule is CCC(=O)N(CC1c2ccccc2CCN1CCC(C)C)c1ccccc1.Cl. The summed E-state index contributed by atoms with van der Waals surface area (Å²) in [6.45, 7) is 9.37. The molecule has 152 valence electrons. The van der Waals surface area contributed by atoms with E-state index in [1.165, 1.54) is 17.5 Å². The van der Waals surface area contributed by atoms with Gasteiger partial charge in [0.15, 0.2) is 0 Å². The molecule has 1 atom stereocenters. The van der Waals surface area contributed by atoms with Crippen molar-refractivity contribution in [2.75, 3.05) is 24.5 Å². The van der Waals surface area contributed by atoms with Gasteiger partial charge in [0.2, 0.25) is 5.91 Å². The molecule has 2 aromatic rings. The lowest BCUT2D eigenvalue weighted by Crippen LogP contribution is -2.44. The van der Waals surface area contributed by atoms with Gasteiger partial charge in [-0.3, -0.25) is 9.69 Å². The summed E-state index contributed by atoms with van der Waals surface area (Å²) in [7, 11) is 0. The zero-order valence-corrected chi connectivity index (χ0v) is 18.1. The summed E-state index contributed by atoms with van der Waals surface area (Å²) in [6, 6.07) is 19.1. The number of carbonyl (C=O) groups is 1. The van der Waals surface area contributed by atoms with Gasteiger partial charge in [0.1, 0.15) is 0 Å². The summed E-state index contributed by atoms with van der Waals surface area (Å²) in [5.74, 6) is 0.874. The van der Waals surface area contributed by atoms with E-state index in [9.17, 15) is 4.79 Å². The fourth-order valence-electron chi connectivity index (χ4n) is 3.93. The lowest BCUT2D eigenvalue weighted by atomic mass is 9.91. The Balaban J connectivity index is 0.00000280. The first-order valence-corrected chi connectivity index (χ1v) is 10.3. The average molecular weight is 401 g/mol. The molecule has 28 heavy (non-hydrogen) atoms. The zero-order valence-electron chi connectivity index (χ0n) is 17.3. The number of nitrogens with zero attached hydrogens (tertiary/aromatic N) is 2. The molecule has 4 heteroatoms. The average Bonchev–Trinajstić information content (AvgIpc) is 2.70. The molecule has 0 spiro atoms. The Morgan fingerprint density at radius 3 is 2.46 bits per heavy atom. The Hall–Kier alpha value is -1.84. The largest absolute Gasteiger partial charge is 0.311 e. The number of halogens is 1. The van der Waals surface area contributed by atoms with Crippen LogP contribution in [0, 0.1) is 5.92 Å². The van der Waals surface area contributed by atoms with Crippen molar-refractivity contribution in [3.8, 4) is 0 Å². The maximum Gasteiger partial charge on any atom is 0.226 e. The van der Waals surface area contributed by atoms with Crippen molar-refractivity contribution in [3.05, 3.63) is 65.7 Å². The zero-order chi connectivity index (χ0) is 19.2. The summed E-state index contributed by atoms with van der Waals surface area (Å²) < 4.78 is 0. The van der Waals surface area contributed by atoms with Crippen molar-refractivity contribution in [1.29, 1.82) is 0 Å². The first-order chi connectivity index (χ1) is 13.1. The van der Waals surface area contributed by atoms with Crippen molar-refractivity contribution >= 4 is 24.0 Å². The number of fused-ring (bicyclic) bond motifs is 1. The highest BCUT2D eigenvalue weighted by molar-refractivity contribution is 5.93. The number of amides is 1. The third kappa shape index (κ3) is 5.36. The highest BCUT2D eigenvalue weighted by Crippen LogP contribution is 2.32. The summed E-state index contributed by atoms with van der Waals surface area (Å²) >= 11 is 0. The molecule has 1 aliphatic rings. The lowest BCUT2D eigenvalue weighted by Gasteiger charge is -2.40. The smallest absolute Gasteiger partial charge is 0.226 e. The molecule has 0 aromatic heterocycles. The molecule has 0 radical (unpaired) electrons. The quantitative estimate of drug-likeness (QED) is 0.612. The molecule has 2 aromatic carbocycles. The standard InChI is InChI=1S/C24H32N2O.ClH/c1-4-24(27)26(21-11-6-5-7-12-21)18-23-22-13-9-8-10-20(22)15-17-25(23)16-14-19(2)3;/h5-13,19,23H,4,14-18H2,1-3H3;1H. The number of para-hydroxylation sites is 1. The van der Waals surface area contributed by atoms with E-state index in [4.69, 9.17) is 0 Å². The maximum atomic E-state index is 12.8. The van der Waals surface area contributed by atoms with Crippen molar-refractivity contribution in [3.63, 3.8) is 0 Å². The summed E-state index contributed by atoms with van der Waals surface area (Å²) in [5, 5.41) is 0. The van der Waals surface area contributed by atoms with Crippen LogP contribution >= 0.6 is 12.4 Å². The van der Waals surface area contributed by atoms with Gasteiger partial charge in [-0.1, -0.05) is 63.2 Å². The number of carbonyl (C=O) groups excluding carboxylic acids is 1. The molecule has 3 rings (SSSR count). The van der Waals surface area contributed by atoms with E-state index in [-0.39, 0.29) is 24.4 Å². The Morgan fingerprint density at radius 1 is 1.11 bits per heavy atom. The van der Waals surface area contributed by atoms with Crippen molar-refractivity contribution in [2.45, 2.75) is 46.1 Å². The molecule has 0 aliphatic carbocycles. The molecule has 1 heterocycles. The highest BCUT2D eigenvalue weighted by Gasteiger charge is 2.30. The van der Waals surface area contributed by atoms with Crippen LogP contribution in [0.5, 0.6) is 0 Å². The molecule has 3 nitrogen and oxygen atoms in total. The minimum Gasteiger partial charge on any atom is -0.311 e. The first kappa shape index (κ1) is 22.4. The van der Waals surface area contributed by atoms with E-state index in [0.717, 1.165) is 25.2 Å². The second-order valence-electron chi connectivity index (χ2n) is 7.88. The van der Waals surface area contributed by atoms with E-state index in [2.05, 4.69) is 43.0 Å². The van der Waals surface area contributed by atoms with Crippen LogP contribution in [0.3, 0.4) is 0 Å². The van der Waals surface area contributed by atoms with Gasteiger partial charge in [0.25, 0.3) is 0 Å². The van der Waals surface area contributed by atoms with Crippen molar-refractivity contribution < 1.29 is 4.79 Å². The van der Waals surface area contributed by atoms with Gasteiger partial charge in [-0.25, -0.2) is 0 Å². The lowest BCUT2D eigenvalue weighted by molar-refractivity contribution is -0.118. The maximum absolute atomic E-state index is 12.8. The van der Waals surface area contributed by atoms with E-state index in [1.807, 2.05) is 42.2 Å². The van der Waals surface area contributed by atoms with Gasteiger partial charge in [-0.15, -0.1) is 12.4 Å². The van der Waals surface area contributed by atoms with Crippen LogP contribution in [0.1, 0.15) is 50.8 Å². The number of anilines is 1. The van der Waals surface area contributed by atoms with Gasteiger partial charge in [0, 0.05) is 25.2 Å². The van der Waals surface area contributed by atoms with Crippen LogP contribution in [-0.2, 0) is 11.2 Å². The monoisotopic (exact) mass is 400 g/mol. The topological polar surface area (TPSA) is 23.6 Å². The second-order valence-corrected chi connectivity index (χ2v) is 7.88. The molecule has 1 unspecified atom stereocenters. The highest BCUT2D eigenvalue weighted by atomic mass is 35.5. The van der Waals surface area contributed by atoms with Crippen molar-refractivity contribution in [1.82, 2.24) is 4.90 Å². The Kier molecular flexibility index (Phi) is 8.53. The minimum absolute atomic E-state index is 0. The normalized spacial score (nSPS) is 16.4. The molecule has 0 bridgehead atoms. The minimum atomic E-state index is 0. The first-order valence-electron chi connectivity index (χ1n) is 10.3. The van der Waals surface area contributed by atoms with Gasteiger partial charge in [-0.05, 0) is 48.6 Å². The number of rotatable bonds is 7. The fraction of sp³-hybridized carbons (Fsp3) is 0.458. The van der Waals surface area contributed by atoms with Gasteiger partial charge in [0.05, 0.1) is 6.04 Å². The van der Waals surface area contributed by atoms with E-state index >= 15 is 0 Å². The van der Waals surface area contributed by atoms with E-state index < -0.39 is 0 Å². The number of benzene rings is 2. The van der Waals surface area contributed by atoms with Gasteiger partial charge < -0.3 is 4.90 Å². The Bertz CT molecular complexity index is 747. The van der Waals surface area contributed by atoms with Crippen LogP contribution in [0.15, 0.2) is 54.6 Å². The van der Waals surface area contributed by atoms with Crippen LogP contribution in [0.2, 0.25) is 0 Å². The van der Waals surface area contributed by atoms with Crippen LogP contribution < -0.4 is 4.90 Å². The molecule has 0 N–H and O–H groups in total. The van der Waals surface area contributed by atoms with E-state index in [1.54, 1.807) is 0 Å². The van der Waals surface area contributed by atoms with Crippen molar-refractivity contribution in [2.24, 2.45) is 5.92 Å². The predicted molar refractivity (Wildman–Crippen MR) is 120 cm³/mol. The molecule has 1 aliphatic heterocycles. The Morgan fingerprint density at radius 2 is 1.79 bits per heavy atom. The number of hydrogen-bond acceptors (Lipinski definition) is 2. The molecule has 0 saturated carbocycles. The summed E-state index contributed by atoms with van der Waals surface area (Å²) in [6.07, 6.45) is 2.80.